The minimum absolute atomic E-state index is 0.423. The smallest absolute Gasteiger partial charge is 0.141 e. The highest BCUT2D eigenvalue weighted by Gasteiger charge is 2.02. The fourth-order valence-electron chi connectivity index (χ4n) is 0.695. The lowest BCUT2D eigenvalue weighted by Gasteiger charge is -2.01. The standard InChI is InChI=1S/C8H7FN2/c1-2-8(10)6-3-7(9)5-11-4-6/h1,3-5,8H,10H2. The molecule has 0 saturated heterocycles. The third-order valence-corrected chi connectivity index (χ3v) is 1.26. The lowest BCUT2D eigenvalue weighted by Crippen LogP contribution is -2.07. The number of hydrogen-bond donors (Lipinski definition) is 1. The number of hydrogen-bond acceptors (Lipinski definition) is 2. The van der Waals surface area contributed by atoms with Crippen LogP contribution in [0.2, 0.25) is 0 Å². The number of aromatic nitrogens is 1. The predicted molar refractivity (Wildman–Crippen MR) is 40.0 cm³/mol. The Morgan fingerprint density at radius 3 is 2.91 bits per heavy atom. The largest absolute Gasteiger partial charge is 0.314 e. The molecular formula is C8H7FN2. The third kappa shape index (κ3) is 1.76. The van der Waals surface area contributed by atoms with E-state index in [0.717, 1.165) is 6.20 Å². The molecule has 1 aromatic rings. The Kier molecular flexibility index (Phi) is 2.19. The van der Waals surface area contributed by atoms with E-state index in [4.69, 9.17) is 12.2 Å². The molecular weight excluding hydrogens is 143 g/mol. The highest BCUT2D eigenvalue weighted by Crippen LogP contribution is 2.07. The van der Waals surface area contributed by atoms with Gasteiger partial charge in [-0.2, -0.15) is 0 Å². The Morgan fingerprint density at radius 2 is 2.36 bits per heavy atom. The number of halogens is 1. The molecule has 0 radical (unpaired) electrons. The zero-order valence-electron chi connectivity index (χ0n) is 5.79. The van der Waals surface area contributed by atoms with E-state index in [0.29, 0.717) is 5.56 Å². The second-order valence-electron chi connectivity index (χ2n) is 2.08. The third-order valence-electron chi connectivity index (χ3n) is 1.26. The summed E-state index contributed by atoms with van der Waals surface area (Å²) < 4.78 is 12.5. The summed E-state index contributed by atoms with van der Waals surface area (Å²) in [6.07, 6.45) is 7.58. The van der Waals surface area contributed by atoms with Gasteiger partial charge in [-0.25, -0.2) is 4.39 Å². The molecule has 1 aromatic heterocycles. The van der Waals surface area contributed by atoms with Crippen molar-refractivity contribution in [3.8, 4) is 12.3 Å². The highest BCUT2D eigenvalue weighted by atomic mass is 19.1. The summed E-state index contributed by atoms with van der Waals surface area (Å²) >= 11 is 0. The summed E-state index contributed by atoms with van der Waals surface area (Å²) in [5.74, 6) is 1.86. The molecule has 0 aliphatic carbocycles. The van der Waals surface area contributed by atoms with E-state index in [1.165, 1.54) is 12.3 Å². The van der Waals surface area contributed by atoms with Crippen molar-refractivity contribution >= 4 is 0 Å². The van der Waals surface area contributed by atoms with Gasteiger partial charge in [0.1, 0.15) is 5.82 Å². The molecule has 1 unspecified atom stereocenters. The second-order valence-corrected chi connectivity index (χ2v) is 2.08. The van der Waals surface area contributed by atoms with Gasteiger partial charge in [0.05, 0.1) is 12.2 Å². The van der Waals surface area contributed by atoms with Crippen LogP contribution >= 0.6 is 0 Å². The van der Waals surface area contributed by atoms with Crippen LogP contribution in [0.1, 0.15) is 11.6 Å². The fourth-order valence-corrected chi connectivity index (χ4v) is 0.695. The Bertz CT molecular complexity index is 290. The molecule has 56 valence electrons. The lowest BCUT2D eigenvalue weighted by molar-refractivity contribution is 0.617. The minimum Gasteiger partial charge on any atom is -0.314 e. The van der Waals surface area contributed by atoms with Gasteiger partial charge in [0.25, 0.3) is 0 Å². The van der Waals surface area contributed by atoms with Gasteiger partial charge >= 0.3 is 0 Å². The molecule has 1 atom stereocenters. The average Bonchev–Trinajstić information content (AvgIpc) is 2.03. The van der Waals surface area contributed by atoms with Crippen molar-refractivity contribution in [2.24, 2.45) is 5.73 Å². The predicted octanol–water partition coefficient (Wildman–Crippen LogP) is 0.854. The van der Waals surface area contributed by atoms with Gasteiger partial charge in [-0.05, 0) is 6.07 Å². The first-order chi connectivity index (χ1) is 5.24. The molecule has 0 spiro atoms. The van der Waals surface area contributed by atoms with Gasteiger partial charge in [-0.3, -0.25) is 4.98 Å². The fraction of sp³-hybridized carbons (Fsp3) is 0.125. The Morgan fingerprint density at radius 1 is 1.64 bits per heavy atom. The molecule has 1 heterocycles. The Balaban J connectivity index is 2.98. The Hall–Kier alpha value is -1.40. The number of terminal acetylenes is 1. The van der Waals surface area contributed by atoms with Gasteiger partial charge in [0, 0.05) is 11.8 Å². The maximum absolute atomic E-state index is 12.5. The molecule has 0 saturated carbocycles. The van der Waals surface area contributed by atoms with Crippen molar-refractivity contribution in [2.45, 2.75) is 6.04 Å². The van der Waals surface area contributed by atoms with Crippen LogP contribution in [0, 0.1) is 18.2 Å². The maximum atomic E-state index is 12.5. The van der Waals surface area contributed by atoms with Crippen LogP contribution in [0.3, 0.4) is 0 Å². The second kappa shape index (κ2) is 3.13. The van der Waals surface area contributed by atoms with Crippen molar-refractivity contribution in [3.05, 3.63) is 29.8 Å². The number of nitrogens with zero attached hydrogens (tertiary/aromatic N) is 1. The van der Waals surface area contributed by atoms with E-state index >= 15 is 0 Å². The van der Waals surface area contributed by atoms with Crippen LogP contribution in [-0.4, -0.2) is 4.98 Å². The molecule has 0 aliphatic heterocycles. The maximum Gasteiger partial charge on any atom is 0.141 e. The molecule has 0 fully saturated rings. The van der Waals surface area contributed by atoms with Crippen LogP contribution in [0.5, 0.6) is 0 Å². The number of nitrogens with two attached hydrogens (primary N) is 1. The highest BCUT2D eigenvalue weighted by molar-refractivity contribution is 5.21. The molecule has 2 N–H and O–H groups in total. The van der Waals surface area contributed by atoms with Crippen LogP contribution in [0.15, 0.2) is 18.5 Å². The SMILES string of the molecule is C#CC(N)c1cncc(F)c1. The van der Waals surface area contributed by atoms with Crippen molar-refractivity contribution in [2.75, 3.05) is 0 Å². The van der Waals surface area contributed by atoms with E-state index in [-0.39, 0.29) is 0 Å². The normalized spacial score (nSPS) is 12.1. The summed E-state index contributed by atoms with van der Waals surface area (Å²) in [4.78, 5) is 3.60. The van der Waals surface area contributed by atoms with E-state index in [1.807, 2.05) is 0 Å². The van der Waals surface area contributed by atoms with Crippen LogP contribution in [0.4, 0.5) is 4.39 Å². The first kappa shape index (κ1) is 7.70. The van der Waals surface area contributed by atoms with Crippen molar-refractivity contribution in [3.63, 3.8) is 0 Å². The van der Waals surface area contributed by atoms with Crippen LogP contribution in [0.25, 0.3) is 0 Å². The summed E-state index contributed by atoms with van der Waals surface area (Å²) in [6.45, 7) is 0. The van der Waals surface area contributed by atoms with Crippen molar-refractivity contribution < 1.29 is 4.39 Å². The summed E-state index contributed by atoms with van der Waals surface area (Å²) in [5.41, 5.74) is 5.94. The molecule has 0 amide bonds. The zero-order chi connectivity index (χ0) is 8.27. The van der Waals surface area contributed by atoms with Crippen LogP contribution in [-0.2, 0) is 0 Å². The summed E-state index contributed by atoms with van der Waals surface area (Å²) in [7, 11) is 0. The van der Waals surface area contributed by atoms with Crippen molar-refractivity contribution in [1.82, 2.24) is 4.98 Å². The lowest BCUT2D eigenvalue weighted by atomic mass is 10.1. The topological polar surface area (TPSA) is 38.9 Å². The quantitative estimate of drug-likeness (QED) is 0.603. The van der Waals surface area contributed by atoms with Gasteiger partial charge in [-0.15, -0.1) is 6.42 Å². The van der Waals surface area contributed by atoms with Crippen molar-refractivity contribution in [1.29, 1.82) is 0 Å². The number of pyridine rings is 1. The van der Waals surface area contributed by atoms with Gasteiger partial charge in [0.15, 0.2) is 0 Å². The van der Waals surface area contributed by atoms with Gasteiger partial charge in [-0.1, -0.05) is 5.92 Å². The first-order valence-electron chi connectivity index (χ1n) is 3.06. The molecule has 3 heteroatoms. The van der Waals surface area contributed by atoms with E-state index < -0.39 is 11.9 Å². The first-order valence-corrected chi connectivity index (χ1v) is 3.06. The molecule has 1 rings (SSSR count). The monoisotopic (exact) mass is 150 g/mol. The summed E-state index contributed by atoms with van der Waals surface area (Å²) in [5, 5.41) is 0. The molecule has 0 aliphatic rings. The van der Waals surface area contributed by atoms with E-state index in [9.17, 15) is 4.39 Å². The molecule has 11 heavy (non-hydrogen) atoms. The average molecular weight is 150 g/mol. The molecule has 2 nitrogen and oxygen atoms in total. The van der Waals surface area contributed by atoms with E-state index in [1.54, 1.807) is 0 Å². The molecule has 0 bridgehead atoms. The summed E-state index contributed by atoms with van der Waals surface area (Å²) in [6, 6.07) is 0.704. The van der Waals surface area contributed by atoms with Gasteiger partial charge < -0.3 is 5.73 Å². The minimum atomic E-state index is -0.571. The molecule has 0 aromatic carbocycles. The Labute approximate surface area is 64.3 Å². The zero-order valence-corrected chi connectivity index (χ0v) is 5.79. The van der Waals surface area contributed by atoms with Gasteiger partial charge in [0.2, 0.25) is 0 Å². The van der Waals surface area contributed by atoms with E-state index in [2.05, 4.69) is 10.9 Å². The van der Waals surface area contributed by atoms with Crippen LogP contribution < -0.4 is 5.73 Å². The number of rotatable bonds is 1.